The molecule has 3 heterocycles. The number of aromatic nitrogens is 3. The van der Waals surface area contributed by atoms with Crippen molar-refractivity contribution in [3.8, 4) is 23.0 Å². The fourth-order valence-corrected chi connectivity index (χ4v) is 3.18. The summed E-state index contributed by atoms with van der Waals surface area (Å²) in [7, 11) is 0. The lowest BCUT2D eigenvalue weighted by atomic mass is 10.1. The number of anilines is 1. The summed E-state index contributed by atoms with van der Waals surface area (Å²) in [6, 6.07) is 14.3. The zero-order valence-electron chi connectivity index (χ0n) is 16.2. The molecule has 0 unspecified atom stereocenters. The SMILES string of the molecule is Cc1oc(-c2ccc(NC(=O)c3ccc4c(c3)OCO4)cc2)nc1Cn1cccn1. The Labute approximate surface area is 172 Å². The third kappa shape index (κ3) is 3.50. The Morgan fingerprint density at radius 1 is 1.13 bits per heavy atom. The standard InChI is InChI=1S/C22H18N4O4/c1-14-18(12-26-10-2-9-23-26)25-22(30-14)15-3-6-17(7-4-15)24-21(27)16-5-8-19-20(11-16)29-13-28-19/h2-11H,12-13H2,1H3,(H,24,27). The van der Waals surface area contributed by atoms with Gasteiger partial charge >= 0.3 is 0 Å². The molecule has 0 aliphatic carbocycles. The Bertz CT molecular complexity index is 1200. The Hall–Kier alpha value is -4.07. The summed E-state index contributed by atoms with van der Waals surface area (Å²) in [5, 5.41) is 7.07. The van der Waals surface area contributed by atoms with E-state index in [1.807, 2.05) is 43.5 Å². The van der Waals surface area contributed by atoms with Gasteiger partial charge in [0.1, 0.15) is 11.5 Å². The van der Waals surface area contributed by atoms with Gasteiger partial charge in [0.2, 0.25) is 12.7 Å². The molecule has 150 valence electrons. The predicted molar refractivity (Wildman–Crippen MR) is 109 cm³/mol. The molecule has 0 radical (unpaired) electrons. The third-order valence-corrected chi connectivity index (χ3v) is 4.79. The Morgan fingerprint density at radius 2 is 1.97 bits per heavy atom. The number of aryl methyl sites for hydroxylation is 1. The van der Waals surface area contributed by atoms with Crippen LogP contribution >= 0.6 is 0 Å². The molecule has 1 aliphatic heterocycles. The van der Waals surface area contributed by atoms with Gasteiger partial charge in [-0.2, -0.15) is 5.10 Å². The lowest BCUT2D eigenvalue weighted by Gasteiger charge is -2.06. The van der Waals surface area contributed by atoms with E-state index in [0.717, 1.165) is 17.0 Å². The second-order valence-corrected chi connectivity index (χ2v) is 6.83. The van der Waals surface area contributed by atoms with Crippen LogP contribution in [0.3, 0.4) is 0 Å². The van der Waals surface area contributed by atoms with Gasteiger partial charge in [0.05, 0.1) is 6.54 Å². The van der Waals surface area contributed by atoms with Crippen molar-refractivity contribution in [2.45, 2.75) is 13.5 Å². The minimum Gasteiger partial charge on any atom is -0.454 e. The second kappa shape index (κ2) is 7.40. The van der Waals surface area contributed by atoms with Crippen molar-refractivity contribution in [2.24, 2.45) is 0 Å². The average molecular weight is 402 g/mol. The van der Waals surface area contributed by atoms with Crippen LogP contribution in [0.5, 0.6) is 11.5 Å². The lowest BCUT2D eigenvalue weighted by molar-refractivity contribution is 0.102. The molecule has 0 bridgehead atoms. The summed E-state index contributed by atoms with van der Waals surface area (Å²) in [5.41, 5.74) is 2.82. The first-order chi connectivity index (χ1) is 14.7. The normalized spacial score (nSPS) is 12.2. The highest BCUT2D eigenvalue weighted by molar-refractivity contribution is 6.04. The van der Waals surface area contributed by atoms with Gasteiger partial charge in [0.15, 0.2) is 11.5 Å². The van der Waals surface area contributed by atoms with Gasteiger partial charge in [-0.15, -0.1) is 0 Å². The summed E-state index contributed by atoms with van der Waals surface area (Å²) >= 11 is 0. The molecular formula is C22H18N4O4. The van der Waals surface area contributed by atoms with Gasteiger partial charge < -0.3 is 19.2 Å². The first-order valence-corrected chi connectivity index (χ1v) is 9.41. The van der Waals surface area contributed by atoms with Gasteiger partial charge in [-0.1, -0.05) is 0 Å². The van der Waals surface area contributed by atoms with Gasteiger partial charge in [0.25, 0.3) is 5.91 Å². The van der Waals surface area contributed by atoms with Crippen LogP contribution in [0, 0.1) is 6.92 Å². The van der Waals surface area contributed by atoms with Crippen molar-refractivity contribution in [1.29, 1.82) is 0 Å². The number of carbonyl (C=O) groups is 1. The maximum atomic E-state index is 12.5. The average Bonchev–Trinajstić information content (AvgIpc) is 3.50. The van der Waals surface area contributed by atoms with Crippen LogP contribution in [-0.2, 0) is 6.54 Å². The van der Waals surface area contributed by atoms with Gasteiger partial charge in [-0.05, 0) is 55.5 Å². The number of carbonyl (C=O) groups excluding carboxylic acids is 1. The van der Waals surface area contributed by atoms with Gasteiger partial charge in [-0.3, -0.25) is 9.48 Å². The van der Waals surface area contributed by atoms with Crippen LogP contribution in [0.1, 0.15) is 21.8 Å². The number of fused-ring (bicyclic) bond motifs is 1. The van der Waals surface area contributed by atoms with Crippen molar-refractivity contribution < 1.29 is 18.7 Å². The minimum atomic E-state index is -0.227. The number of hydrogen-bond acceptors (Lipinski definition) is 6. The predicted octanol–water partition coefficient (Wildman–Crippen LogP) is 3.88. The van der Waals surface area contributed by atoms with E-state index in [1.165, 1.54) is 0 Å². The Morgan fingerprint density at radius 3 is 2.77 bits per heavy atom. The van der Waals surface area contributed by atoms with Crippen LogP contribution in [0.25, 0.3) is 11.5 Å². The molecule has 0 spiro atoms. The lowest BCUT2D eigenvalue weighted by Crippen LogP contribution is -2.11. The van der Waals surface area contributed by atoms with E-state index < -0.39 is 0 Å². The van der Waals surface area contributed by atoms with E-state index in [4.69, 9.17) is 13.9 Å². The molecule has 2 aromatic heterocycles. The molecule has 30 heavy (non-hydrogen) atoms. The fourth-order valence-electron chi connectivity index (χ4n) is 3.18. The smallest absolute Gasteiger partial charge is 0.255 e. The van der Waals surface area contributed by atoms with E-state index in [2.05, 4.69) is 15.4 Å². The third-order valence-electron chi connectivity index (χ3n) is 4.79. The van der Waals surface area contributed by atoms with E-state index in [-0.39, 0.29) is 12.7 Å². The molecule has 1 amide bonds. The molecule has 1 N–H and O–H groups in total. The summed E-state index contributed by atoms with van der Waals surface area (Å²) in [6.45, 7) is 2.60. The molecule has 0 atom stereocenters. The molecule has 5 rings (SSSR count). The zero-order valence-corrected chi connectivity index (χ0v) is 16.2. The van der Waals surface area contributed by atoms with E-state index >= 15 is 0 Å². The highest BCUT2D eigenvalue weighted by atomic mass is 16.7. The number of nitrogens with one attached hydrogen (secondary N) is 1. The van der Waals surface area contributed by atoms with Gasteiger partial charge in [-0.25, -0.2) is 4.98 Å². The maximum Gasteiger partial charge on any atom is 0.255 e. The van der Waals surface area contributed by atoms with Crippen molar-refractivity contribution in [3.63, 3.8) is 0 Å². The summed E-state index contributed by atoms with van der Waals surface area (Å²) in [6.07, 6.45) is 3.61. The second-order valence-electron chi connectivity index (χ2n) is 6.83. The number of amides is 1. The molecule has 1 aliphatic rings. The number of oxazole rings is 1. The molecule has 8 nitrogen and oxygen atoms in total. The largest absolute Gasteiger partial charge is 0.454 e. The molecule has 0 saturated heterocycles. The topological polar surface area (TPSA) is 91.4 Å². The summed E-state index contributed by atoms with van der Waals surface area (Å²) < 4.78 is 18.2. The highest BCUT2D eigenvalue weighted by Crippen LogP contribution is 2.32. The quantitative estimate of drug-likeness (QED) is 0.545. The first kappa shape index (κ1) is 18.0. The number of hydrogen-bond donors (Lipinski definition) is 1. The monoisotopic (exact) mass is 402 g/mol. The van der Waals surface area contributed by atoms with Crippen molar-refractivity contribution in [3.05, 3.63) is 77.9 Å². The molecule has 0 fully saturated rings. The van der Waals surface area contributed by atoms with Crippen LogP contribution in [0.4, 0.5) is 5.69 Å². The molecular weight excluding hydrogens is 384 g/mol. The molecule has 0 saturated carbocycles. The zero-order chi connectivity index (χ0) is 20.5. The van der Waals surface area contributed by atoms with Crippen molar-refractivity contribution in [2.75, 3.05) is 12.1 Å². The number of benzene rings is 2. The fraction of sp³-hybridized carbons (Fsp3) is 0.136. The van der Waals surface area contributed by atoms with Crippen molar-refractivity contribution >= 4 is 11.6 Å². The first-order valence-electron chi connectivity index (χ1n) is 9.41. The minimum absolute atomic E-state index is 0.172. The number of rotatable bonds is 5. The molecule has 4 aromatic rings. The van der Waals surface area contributed by atoms with E-state index in [9.17, 15) is 4.79 Å². The van der Waals surface area contributed by atoms with Crippen LogP contribution in [0.2, 0.25) is 0 Å². The van der Waals surface area contributed by atoms with Crippen LogP contribution in [0.15, 0.2) is 65.3 Å². The van der Waals surface area contributed by atoms with E-state index in [1.54, 1.807) is 29.1 Å². The van der Waals surface area contributed by atoms with E-state index in [0.29, 0.717) is 35.2 Å². The van der Waals surface area contributed by atoms with Gasteiger partial charge in [0, 0.05) is 29.2 Å². The highest BCUT2D eigenvalue weighted by Gasteiger charge is 2.17. The summed E-state index contributed by atoms with van der Waals surface area (Å²) in [5.74, 6) is 2.27. The summed E-state index contributed by atoms with van der Waals surface area (Å²) in [4.78, 5) is 17.1. The van der Waals surface area contributed by atoms with Crippen LogP contribution < -0.4 is 14.8 Å². The van der Waals surface area contributed by atoms with Crippen LogP contribution in [-0.4, -0.2) is 27.5 Å². The molecule has 2 aromatic carbocycles. The number of ether oxygens (including phenoxy) is 2. The number of nitrogens with zero attached hydrogens (tertiary/aromatic N) is 3. The molecule has 8 heteroatoms. The Kier molecular flexibility index (Phi) is 4.44. The van der Waals surface area contributed by atoms with Crippen molar-refractivity contribution in [1.82, 2.24) is 14.8 Å². The Balaban J connectivity index is 1.29. The maximum absolute atomic E-state index is 12.5.